The second-order valence-corrected chi connectivity index (χ2v) is 2.71. The highest BCUT2D eigenvalue weighted by Crippen LogP contribution is 2.26. The number of nitrogens with zero attached hydrogens (tertiary/aromatic N) is 1. The van der Waals surface area contributed by atoms with Gasteiger partial charge in [-0.3, -0.25) is 4.79 Å². The lowest BCUT2D eigenvalue weighted by Gasteiger charge is -2.00. The van der Waals surface area contributed by atoms with Gasteiger partial charge in [0, 0.05) is 6.42 Å². The van der Waals surface area contributed by atoms with E-state index in [0.29, 0.717) is 12.1 Å². The highest BCUT2D eigenvalue weighted by molar-refractivity contribution is 5.73. The zero-order chi connectivity index (χ0) is 9.84. The van der Waals surface area contributed by atoms with Crippen LogP contribution < -0.4 is 4.74 Å². The molecule has 0 unspecified atom stereocenters. The van der Waals surface area contributed by atoms with E-state index in [1.165, 1.54) is 0 Å². The lowest BCUT2D eigenvalue weighted by Crippen LogP contribution is -2.07. The van der Waals surface area contributed by atoms with Crippen LogP contribution in [0.2, 0.25) is 0 Å². The maximum Gasteiger partial charge on any atom is 0.311 e. The van der Waals surface area contributed by atoms with Crippen LogP contribution in [-0.4, -0.2) is 21.3 Å². The number of hydrogen-bond acceptors (Lipinski definition) is 4. The van der Waals surface area contributed by atoms with Crippen molar-refractivity contribution in [3.05, 3.63) is 5.69 Å². The lowest BCUT2D eigenvalue weighted by atomic mass is 10.3. The largest absolute Gasteiger partial charge is 0.491 e. The zero-order valence-electron chi connectivity index (χ0n) is 7.63. The normalized spacial score (nSPS) is 10.0. The minimum atomic E-state index is -0.359. The summed E-state index contributed by atoms with van der Waals surface area (Å²) in [5.74, 6) is -0.442. The van der Waals surface area contributed by atoms with Crippen LogP contribution in [-0.2, 0) is 4.79 Å². The summed E-state index contributed by atoms with van der Waals surface area (Å²) in [5, 5.41) is 15.1. The minimum Gasteiger partial charge on any atom is -0.491 e. The third-order valence-electron chi connectivity index (χ3n) is 1.54. The summed E-state index contributed by atoms with van der Waals surface area (Å²) in [6, 6.07) is 0. The van der Waals surface area contributed by atoms with Crippen LogP contribution >= 0.6 is 0 Å². The number of carbonyl (C=O) groups excluding carboxylic acids is 1. The molecule has 0 atom stereocenters. The van der Waals surface area contributed by atoms with Crippen LogP contribution in [0.15, 0.2) is 0 Å². The molecule has 0 aliphatic carbocycles. The third-order valence-corrected chi connectivity index (χ3v) is 1.54. The maximum atomic E-state index is 11.0. The first-order valence-electron chi connectivity index (χ1n) is 4.09. The van der Waals surface area contributed by atoms with Gasteiger partial charge in [-0.15, -0.1) is 0 Å². The number of H-pyrrole nitrogens is 1. The Balaban J connectivity index is 2.68. The van der Waals surface area contributed by atoms with Crippen molar-refractivity contribution in [1.82, 2.24) is 10.2 Å². The van der Waals surface area contributed by atoms with Gasteiger partial charge in [0.1, 0.15) is 5.69 Å². The number of carbonyl (C=O) groups is 1. The molecule has 1 heterocycles. The first-order chi connectivity index (χ1) is 6.15. The van der Waals surface area contributed by atoms with Crippen molar-refractivity contribution in [1.29, 1.82) is 0 Å². The molecule has 5 nitrogen and oxygen atoms in total. The topological polar surface area (TPSA) is 75.2 Å². The quantitative estimate of drug-likeness (QED) is 0.690. The second-order valence-electron chi connectivity index (χ2n) is 2.71. The molecule has 1 rings (SSSR count). The molecule has 0 saturated carbocycles. The molecule has 72 valence electrons. The smallest absolute Gasteiger partial charge is 0.311 e. The molecule has 0 radical (unpaired) electrons. The van der Waals surface area contributed by atoms with Crippen molar-refractivity contribution >= 4 is 5.97 Å². The van der Waals surface area contributed by atoms with Gasteiger partial charge in [-0.1, -0.05) is 6.92 Å². The van der Waals surface area contributed by atoms with E-state index in [1.54, 1.807) is 6.92 Å². The molecular weight excluding hydrogens is 172 g/mol. The van der Waals surface area contributed by atoms with E-state index < -0.39 is 0 Å². The number of aromatic nitrogens is 2. The van der Waals surface area contributed by atoms with Crippen molar-refractivity contribution in [2.24, 2.45) is 0 Å². The molecule has 0 saturated heterocycles. The Kier molecular flexibility index (Phi) is 2.89. The number of esters is 1. The zero-order valence-corrected chi connectivity index (χ0v) is 7.63. The molecule has 0 spiro atoms. The Morgan fingerprint density at radius 3 is 2.85 bits per heavy atom. The molecule has 0 fully saturated rings. The number of aryl methyl sites for hydroxylation is 1. The molecular formula is C8H12N2O3. The Morgan fingerprint density at radius 1 is 1.69 bits per heavy atom. The molecule has 0 aliphatic rings. The monoisotopic (exact) mass is 184 g/mol. The van der Waals surface area contributed by atoms with Crippen molar-refractivity contribution in [3.63, 3.8) is 0 Å². The van der Waals surface area contributed by atoms with Gasteiger partial charge in [-0.2, -0.15) is 5.10 Å². The molecule has 0 bridgehead atoms. The number of nitrogens with one attached hydrogen (secondary N) is 1. The average molecular weight is 184 g/mol. The first kappa shape index (κ1) is 9.57. The van der Waals surface area contributed by atoms with Crippen molar-refractivity contribution in [2.45, 2.75) is 26.7 Å². The Morgan fingerprint density at radius 2 is 2.38 bits per heavy atom. The van der Waals surface area contributed by atoms with Crippen molar-refractivity contribution < 1.29 is 14.6 Å². The van der Waals surface area contributed by atoms with Gasteiger partial charge < -0.3 is 9.84 Å². The Hall–Kier alpha value is -1.52. The minimum absolute atomic E-state index is 0.124. The summed E-state index contributed by atoms with van der Waals surface area (Å²) in [7, 11) is 0. The average Bonchev–Trinajstić information content (AvgIpc) is 2.36. The highest BCUT2D eigenvalue weighted by atomic mass is 16.5. The van der Waals surface area contributed by atoms with Crippen LogP contribution in [0.3, 0.4) is 0 Å². The molecule has 13 heavy (non-hydrogen) atoms. The molecule has 0 aliphatic heterocycles. The van der Waals surface area contributed by atoms with Gasteiger partial charge in [-0.05, 0) is 13.3 Å². The predicted molar refractivity (Wildman–Crippen MR) is 45.5 cm³/mol. The van der Waals surface area contributed by atoms with E-state index in [-0.39, 0.29) is 17.6 Å². The van der Waals surface area contributed by atoms with E-state index >= 15 is 0 Å². The molecule has 0 amide bonds. The summed E-state index contributed by atoms with van der Waals surface area (Å²) in [4.78, 5) is 11.0. The summed E-state index contributed by atoms with van der Waals surface area (Å²) in [5.41, 5.74) is 0.474. The third kappa shape index (κ3) is 2.21. The Bertz CT molecular complexity index is 287. The lowest BCUT2D eigenvalue weighted by molar-refractivity contribution is -0.134. The van der Waals surface area contributed by atoms with Gasteiger partial charge in [0.2, 0.25) is 5.75 Å². The summed E-state index contributed by atoms with van der Waals surface area (Å²) < 4.78 is 4.87. The molecule has 2 N–H and O–H groups in total. The van der Waals surface area contributed by atoms with E-state index in [1.807, 2.05) is 6.92 Å². The number of aromatic amines is 1. The fraction of sp³-hybridized carbons (Fsp3) is 0.500. The van der Waals surface area contributed by atoms with E-state index in [0.717, 1.165) is 6.42 Å². The molecule has 1 aromatic rings. The van der Waals surface area contributed by atoms with E-state index in [9.17, 15) is 4.79 Å². The number of rotatable bonds is 3. The standard InChI is InChI=1S/C8H12N2O3/c1-3-4-6(11)13-7-5(2)9-10-8(7)12/h3-4H2,1-2H3,(H2,9,10,12). The predicted octanol–water partition coefficient (Wildman–Crippen LogP) is 1.13. The van der Waals surface area contributed by atoms with E-state index in [4.69, 9.17) is 9.84 Å². The van der Waals surface area contributed by atoms with Crippen LogP contribution in [0.25, 0.3) is 0 Å². The highest BCUT2D eigenvalue weighted by Gasteiger charge is 2.13. The SMILES string of the molecule is CCCC(=O)Oc1c(C)n[nH]c1O. The van der Waals surface area contributed by atoms with Gasteiger partial charge in [0.15, 0.2) is 0 Å². The van der Waals surface area contributed by atoms with Gasteiger partial charge in [0.25, 0.3) is 5.88 Å². The van der Waals surface area contributed by atoms with Crippen LogP contribution in [0.1, 0.15) is 25.5 Å². The number of hydrogen-bond donors (Lipinski definition) is 2. The Labute approximate surface area is 75.7 Å². The first-order valence-corrected chi connectivity index (χ1v) is 4.09. The van der Waals surface area contributed by atoms with Gasteiger partial charge >= 0.3 is 5.97 Å². The second kappa shape index (κ2) is 3.93. The van der Waals surface area contributed by atoms with Crippen LogP contribution in [0.5, 0.6) is 11.6 Å². The molecule has 5 heteroatoms. The number of aromatic hydroxyl groups is 1. The van der Waals surface area contributed by atoms with Gasteiger partial charge in [0.05, 0.1) is 0 Å². The summed E-state index contributed by atoms with van der Waals surface area (Å²) >= 11 is 0. The van der Waals surface area contributed by atoms with Gasteiger partial charge in [-0.25, -0.2) is 5.10 Å². The van der Waals surface area contributed by atoms with Crippen molar-refractivity contribution in [3.8, 4) is 11.6 Å². The molecule has 1 aromatic heterocycles. The van der Waals surface area contributed by atoms with Crippen molar-refractivity contribution in [2.75, 3.05) is 0 Å². The summed E-state index contributed by atoms with van der Waals surface area (Å²) in [6.07, 6.45) is 1.06. The fourth-order valence-corrected chi connectivity index (χ4v) is 0.901. The summed E-state index contributed by atoms with van der Waals surface area (Å²) in [6.45, 7) is 3.52. The fourth-order valence-electron chi connectivity index (χ4n) is 0.901. The van der Waals surface area contributed by atoms with E-state index in [2.05, 4.69) is 10.2 Å². The molecule has 0 aromatic carbocycles. The van der Waals surface area contributed by atoms with Crippen LogP contribution in [0.4, 0.5) is 0 Å². The van der Waals surface area contributed by atoms with Crippen LogP contribution in [0, 0.1) is 6.92 Å². The maximum absolute atomic E-state index is 11.0. The number of ether oxygens (including phenoxy) is 1.